The van der Waals surface area contributed by atoms with Gasteiger partial charge in [0.2, 0.25) is 0 Å². The molecule has 0 spiro atoms. The zero-order chi connectivity index (χ0) is 20.1. The summed E-state index contributed by atoms with van der Waals surface area (Å²) < 4.78 is 1.92. The number of carboxylic acids is 1. The second kappa shape index (κ2) is 8.87. The molecule has 3 rings (SSSR count). The predicted molar refractivity (Wildman–Crippen MR) is 110 cm³/mol. The van der Waals surface area contributed by atoms with Crippen molar-refractivity contribution in [2.24, 2.45) is 0 Å². The van der Waals surface area contributed by atoms with E-state index in [2.05, 4.69) is 4.98 Å². The molecular formula is C22H21ClN2O3. The highest BCUT2D eigenvalue weighted by molar-refractivity contribution is 6.30. The molecule has 0 fully saturated rings. The van der Waals surface area contributed by atoms with Gasteiger partial charge in [-0.05, 0) is 29.7 Å². The van der Waals surface area contributed by atoms with Crippen LogP contribution in [0.1, 0.15) is 34.4 Å². The standard InChI is InChI=1S/C22H21ClN2O3/c1-2-3-8-20-24-21(23)19(14-26)25(20)13-15-9-11-16(12-10-15)17-6-4-5-7-18(17)22(27)28/h2-7,9-12,26H,8,13-14H2,1H3,(H,27,28)/b3-2+. The van der Waals surface area contributed by atoms with E-state index in [0.717, 1.165) is 17.0 Å². The van der Waals surface area contributed by atoms with Crippen LogP contribution in [0.15, 0.2) is 60.7 Å². The van der Waals surface area contributed by atoms with E-state index in [1.54, 1.807) is 18.2 Å². The van der Waals surface area contributed by atoms with Crippen LogP contribution in [0.25, 0.3) is 11.1 Å². The summed E-state index contributed by atoms with van der Waals surface area (Å²) in [5.74, 6) is -0.165. The number of allylic oxidation sites excluding steroid dienone is 2. The average Bonchev–Trinajstić information content (AvgIpc) is 3.01. The Morgan fingerprint density at radius 3 is 2.54 bits per heavy atom. The minimum Gasteiger partial charge on any atom is -0.478 e. The number of benzene rings is 2. The van der Waals surface area contributed by atoms with Gasteiger partial charge in [0.1, 0.15) is 5.82 Å². The topological polar surface area (TPSA) is 75.4 Å². The maximum absolute atomic E-state index is 11.4. The number of aromatic nitrogens is 2. The smallest absolute Gasteiger partial charge is 0.336 e. The molecule has 144 valence electrons. The van der Waals surface area contributed by atoms with Gasteiger partial charge in [-0.15, -0.1) is 0 Å². The lowest BCUT2D eigenvalue weighted by molar-refractivity contribution is 0.0697. The van der Waals surface area contributed by atoms with E-state index in [9.17, 15) is 15.0 Å². The Kier molecular flexibility index (Phi) is 6.29. The largest absolute Gasteiger partial charge is 0.478 e. The van der Waals surface area contributed by atoms with Gasteiger partial charge in [-0.3, -0.25) is 0 Å². The van der Waals surface area contributed by atoms with Crippen LogP contribution in [0.4, 0.5) is 0 Å². The highest BCUT2D eigenvalue weighted by atomic mass is 35.5. The van der Waals surface area contributed by atoms with Crippen molar-refractivity contribution in [1.29, 1.82) is 0 Å². The highest BCUT2D eigenvalue weighted by Gasteiger charge is 2.15. The van der Waals surface area contributed by atoms with Crippen LogP contribution in [0.2, 0.25) is 5.15 Å². The molecule has 0 radical (unpaired) electrons. The minimum atomic E-state index is -0.950. The molecule has 0 aliphatic heterocycles. The zero-order valence-corrected chi connectivity index (χ0v) is 16.2. The SMILES string of the molecule is C/C=C/Cc1nc(Cl)c(CO)n1Cc1ccc(-c2ccccc2C(=O)O)cc1. The van der Waals surface area contributed by atoms with Crippen LogP contribution in [-0.2, 0) is 19.6 Å². The molecule has 0 atom stereocenters. The second-order valence-corrected chi connectivity index (χ2v) is 6.69. The molecule has 1 heterocycles. The van der Waals surface area contributed by atoms with Gasteiger partial charge in [0.15, 0.2) is 5.15 Å². The Hall–Kier alpha value is -2.89. The van der Waals surface area contributed by atoms with Gasteiger partial charge in [-0.25, -0.2) is 9.78 Å². The van der Waals surface area contributed by atoms with E-state index in [-0.39, 0.29) is 12.2 Å². The Labute approximate surface area is 168 Å². The summed E-state index contributed by atoms with van der Waals surface area (Å²) in [5.41, 5.74) is 3.37. The lowest BCUT2D eigenvalue weighted by Crippen LogP contribution is -2.08. The number of aliphatic hydroxyl groups is 1. The highest BCUT2D eigenvalue weighted by Crippen LogP contribution is 2.25. The van der Waals surface area contributed by atoms with Crippen LogP contribution < -0.4 is 0 Å². The maximum atomic E-state index is 11.4. The van der Waals surface area contributed by atoms with Crippen molar-refractivity contribution < 1.29 is 15.0 Å². The van der Waals surface area contributed by atoms with Crippen LogP contribution >= 0.6 is 11.6 Å². The summed E-state index contributed by atoms with van der Waals surface area (Å²) in [6.07, 6.45) is 4.56. The Bertz CT molecular complexity index is 1010. The van der Waals surface area contributed by atoms with E-state index in [4.69, 9.17) is 11.6 Å². The van der Waals surface area contributed by atoms with Crippen LogP contribution in [0, 0.1) is 0 Å². The summed E-state index contributed by atoms with van der Waals surface area (Å²) in [5, 5.41) is 19.4. The second-order valence-electron chi connectivity index (χ2n) is 6.33. The van der Waals surface area contributed by atoms with Crippen molar-refractivity contribution in [2.75, 3.05) is 0 Å². The van der Waals surface area contributed by atoms with Gasteiger partial charge in [0.05, 0.1) is 17.9 Å². The molecule has 0 saturated heterocycles. The first kappa shape index (κ1) is 19.9. The lowest BCUT2D eigenvalue weighted by atomic mass is 9.99. The number of carbonyl (C=O) groups is 1. The van der Waals surface area contributed by atoms with E-state index >= 15 is 0 Å². The molecule has 2 aromatic carbocycles. The van der Waals surface area contributed by atoms with Gasteiger partial charge in [-0.1, -0.05) is 66.2 Å². The van der Waals surface area contributed by atoms with E-state index < -0.39 is 5.97 Å². The van der Waals surface area contributed by atoms with Gasteiger partial charge in [-0.2, -0.15) is 0 Å². The molecule has 0 amide bonds. The van der Waals surface area contributed by atoms with Crippen molar-refractivity contribution in [3.63, 3.8) is 0 Å². The normalized spacial score (nSPS) is 11.2. The summed E-state index contributed by atoms with van der Waals surface area (Å²) in [6, 6.07) is 14.6. The number of hydrogen-bond donors (Lipinski definition) is 2. The zero-order valence-electron chi connectivity index (χ0n) is 15.5. The van der Waals surface area contributed by atoms with Crippen molar-refractivity contribution in [3.05, 3.63) is 88.5 Å². The molecule has 28 heavy (non-hydrogen) atoms. The molecular weight excluding hydrogens is 376 g/mol. The van der Waals surface area contributed by atoms with Crippen LogP contribution in [0.5, 0.6) is 0 Å². The fraction of sp³-hybridized carbons (Fsp3) is 0.182. The number of aromatic carboxylic acids is 1. The van der Waals surface area contributed by atoms with Crippen molar-refractivity contribution in [2.45, 2.75) is 26.5 Å². The molecule has 0 unspecified atom stereocenters. The number of halogens is 1. The number of nitrogens with zero attached hydrogens (tertiary/aromatic N) is 2. The Balaban J connectivity index is 1.91. The first-order valence-corrected chi connectivity index (χ1v) is 9.30. The molecule has 2 N–H and O–H groups in total. The molecule has 0 aliphatic carbocycles. The Morgan fingerprint density at radius 2 is 1.89 bits per heavy atom. The van der Waals surface area contributed by atoms with Gasteiger partial charge >= 0.3 is 5.97 Å². The fourth-order valence-corrected chi connectivity index (χ4v) is 3.37. The van der Waals surface area contributed by atoms with Crippen molar-refractivity contribution >= 4 is 17.6 Å². The number of hydrogen-bond acceptors (Lipinski definition) is 3. The number of aliphatic hydroxyl groups excluding tert-OH is 1. The summed E-state index contributed by atoms with van der Waals surface area (Å²) in [6.45, 7) is 2.27. The first-order chi connectivity index (χ1) is 13.5. The third-order valence-corrected chi connectivity index (χ3v) is 4.85. The quantitative estimate of drug-likeness (QED) is 0.574. The third-order valence-electron chi connectivity index (χ3n) is 4.55. The maximum Gasteiger partial charge on any atom is 0.336 e. The van der Waals surface area contributed by atoms with Crippen molar-refractivity contribution in [1.82, 2.24) is 9.55 Å². The molecule has 0 bridgehead atoms. The number of imidazole rings is 1. The van der Waals surface area contributed by atoms with Gasteiger partial charge in [0.25, 0.3) is 0 Å². The summed E-state index contributed by atoms with van der Waals surface area (Å²) in [7, 11) is 0. The van der Waals surface area contributed by atoms with E-state index in [1.165, 1.54) is 0 Å². The lowest BCUT2D eigenvalue weighted by Gasteiger charge is -2.12. The van der Waals surface area contributed by atoms with Gasteiger partial charge < -0.3 is 14.8 Å². The van der Waals surface area contributed by atoms with Crippen LogP contribution in [-0.4, -0.2) is 25.7 Å². The summed E-state index contributed by atoms with van der Waals surface area (Å²) in [4.78, 5) is 15.8. The molecule has 0 aliphatic rings. The molecule has 0 saturated carbocycles. The summed E-state index contributed by atoms with van der Waals surface area (Å²) >= 11 is 6.18. The molecule has 6 heteroatoms. The predicted octanol–water partition coefficient (Wildman–Crippen LogP) is 4.56. The monoisotopic (exact) mass is 396 g/mol. The van der Waals surface area contributed by atoms with Gasteiger partial charge in [0, 0.05) is 13.0 Å². The molecule has 5 nitrogen and oxygen atoms in total. The molecule has 3 aromatic rings. The number of rotatable bonds is 7. The van der Waals surface area contributed by atoms with Crippen LogP contribution in [0.3, 0.4) is 0 Å². The third kappa shape index (κ3) is 4.16. The molecule has 1 aromatic heterocycles. The van der Waals surface area contributed by atoms with Crippen molar-refractivity contribution in [3.8, 4) is 11.1 Å². The van der Waals surface area contributed by atoms with E-state index in [0.29, 0.717) is 29.4 Å². The first-order valence-electron chi connectivity index (χ1n) is 8.92. The number of carboxylic acid groups (broad SMARTS) is 1. The Morgan fingerprint density at radius 1 is 1.18 bits per heavy atom. The average molecular weight is 397 g/mol. The minimum absolute atomic E-state index is 0.189. The fourth-order valence-electron chi connectivity index (χ4n) is 3.12. The van der Waals surface area contributed by atoms with E-state index in [1.807, 2.05) is 54.0 Å².